The number of halogens is 1. The summed E-state index contributed by atoms with van der Waals surface area (Å²) in [5.41, 5.74) is 9.21. The third-order valence-corrected chi connectivity index (χ3v) is 5.12. The summed E-state index contributed by atoms with van der Waals surface area (Å²) in [6, 6.07) is 14.7. The SMILES string of the molecule is Cc1cccc(CN2CCN(Cc3nc(N)nc(Nc4ccc(F)cc4)n3)CC2)c1. The van der Waals surface area contributed by atoms with Crippen LogP contribution in [0, 0.1) is 12.7 Å². The van der Waals surface area contributed by atoms with Crippen LogP contribution >= 0.6 is 0 Å². The molecule has 0 saturated carbocycles. The van der Waals surface area contributed by atoms with E-state index in [0.717, 1.165) is 32.7 Å². The van der Waals surface area contributed by atoms with E-state index in [0.29, 0.717) is 24.0 Å². The highest BCUT2D eigenvalue weighted by Gasteiger charge is 2.18. The Kier molecular flexibility index (Phi) is 6.15. The van der Waals surface area contributed by atoms with Gasteiger partial charge in [0.2, 0.25) is 11.9 Å². The fourth-order valence-electron chi connectivity index (χ4n) is 3.60. The standard InChI is InChI=1S/C22H26FN7/c1-16-3-2-4-17(13-16)14-29-9-11-30(12-10-29)15-20-26-21(24)28-22(27-20)25-19-7-5-18(23)6-8-19/h2-8,13H,9-12,14-15H2,1H3,(H3,24,25,26,27,28). The molecule has 1 fully saturated rings. The van der Waals surface area contributed by atoms with Crippen LogP contribution < -0.4 is 11.1 Å². The Bertz CT molecular complexity index is 985. The Balaban J connectivity index is 1.33. The van der Waals surface area contributed by atoms with E-state index in [1.54, 1.807) is 12.1 Å². The molecule has 3 aromatic rings. The van der Waals surface area contributed by atoms with Crippen molar-refractivity contribution in [2.75, 3.05) is 37.2 Å². The van der Waals surface area contributed by atoms with E-state index in [1.807, 2.05) is 0 Å². The minimum atomic E-state index is -0.294. The van der Waals surface area contributed by atoms with Crippen LogP contribution in [-0.2, 0) is 13.1 Å². The molecule has 8 heteroatoms. The van der Waals surface area contributed by atoms with Crippen LogP contribution in [0.25, 0.3) is 0 Å². The van der Waals surface area contributed by atoms with E-state index in [-0.39, 0.29) is 11.8 Å². The molecule has 0 bridgehead atoms. The van der Waals surface area contributed by atoms with Crippen molar-refractivity contribution in [3.63, 3.8) is 0 Å². The molecule has 3 N–H and O–H groups in total. The molecule has 0 atom stereocenters. The van der Waals surface area contributed by atoms with Crippen molar-refractivity contribution in [1.29, 1.82) is 0 Å². The van der Waals surface area contributed by atoms with Crippen LogP contribution in [0.1, 0.15) is 17.0 Å². The van der Waals surface area contributed by atoms with Crippen LogP contribution in [0.3, 0.4) is 0 Å². The average Bonchev–Trinajstić information content (AvgIpc) is 2.71. The number of rotatable bonds is 6. The predicted octanol–water partition coefficient (Wildman–Crippen LogP) is 2.96. The predicted molar refractivity (Wildman–Crippen MR) is 116 cm³/mol. The fraction of sp³-hybridized carbons (Fsp3) is 0.318. The molecule has 1 saturated heterocycles. The van der Waals surface area contributed by atoms with Crippen molar-refractivity contribution in [3.8, 4) is 0 Å². The third kappa shape index (κ3) is 5.49. The summed E-state index contributed by atoms with van der Waals surface area (Å²) >= 11 is 0. The first kappa shape index (κ1) is 20.2. The highest BCUT2D eigenvalue weighted by Crippen LogP contribution is 2.16. The first-order chi connectivity index (χ1) is 14.5. The second-order valence-corrected chi connectivity index (χ2v) is 7.61. The number of aryl methyl sites for hydroxylation is 1. The number of nitrogen functional groups attached to an aromatic ring is 1. The quantitative estimate of drug-likeness (QED) is 0.650. The molecule has 156 valence electrons. The lowest BCUT2D eigenvalue weighted by Crippen LogP contribution is -2.45. The lowest BCUT2D eigenvalue weighted by Gasteiger charge is -2.34. The monoisotopic (exact) mass is 407 g/mol. The molecule has 30 heavy (non-hydrogen) atoms. The number of hydrogen-bond acceptors (Lipinski definition) is 7. The van der Waals surface area contributed by atoms with Gasteiger partial charge < -0.3 is 11.1 Å². The molecular weight excluding hydrogens is 381 g/mol. The Morgan fingerprint density at radius 2 is 1.63 bits per heavy atom. The lowest BCUT2D eigenvalue weighted by atomic mass is 10.1. The zero-order valence-electron chi connectivity index (χ0n) is 17.1. The van der Waals surface area contributed by atoms with E-state index in [9.17, 15) is 4.39 Å². The molecule has 0 aliphatic carbocycles. The molecular formula is C22H26FN7. The molecule has 0 unspecified atom stereocenters. The van der Waals surface area contributed by atoms with Gasteiger partial charge in [0.05, 0.1) is 6.54 Å². The van der Waals surface area contributed by atoms with Gasteiger partial charge in [-0.15, -0.1) is 0 Å². The smallest absolute Gasteiger partial charge is 0.232 e. The molecule has 1 aliphatic heterocycles. The zero-order chi connectivity index (χ0) is 20.9. The van der Waals surface area contributed by atoms with E-state index in [2.05, 4.69) is 61.3 Å². The first-order valence-corrected chi connectivity index (χ1v) is 10.1. The topological polar surface area (TPSA) is 83.2 Å². The van der Waals surface area contributed by atoms with Gasteiger partial charge >= 0.3 is 0 Å². The van der Waals surface area contributed by atoms with Gasteiger partial charge in [0.15, 0.2) is 0 Å². The van der Waals surface area contributed by atoms with Gasteiger partial charge in [-0.3, -0.25) is 9.80 Å². The van der Waals surface area contributed by atoms with Crippen LogP contribution in [0.5, 0.6) is 0 Å². The molecule has 4 rings (SSSR count). The van der Waals surface area contributed by atoms with E-state index >= 15 is 0 Å². The number of anilines is 3. The maximum absolute atomic E-state index is 13.1. The van der Waals surface area contributed by atoms with Crippen molar-refractivity contribution in [3.05, 3.63) is 71.3 Å². The second kappa shape index (κ2) is 9.15. The molecule has 0 radical (unpaired) electrons. The highest BCUT2D eigenvalue weighted by molar-refractivity contribution is 5.53. The van der Waals surface area contributed by atoms with Crippen LogP contribution in [0.2, 0.25) is 0 Å². The second-order valence-electron chi connectivity index (χ2n) is 7.61. The molecule has 1 aliphatic rings. The van der Waals surface area contributed by atoms with Crippen LogP contribution in [0.15, 0.2) is 48.5 Å². The minimum Gasteiger partial charge on any atom is -0.368 e. The Morgan fingerprint density at radius 1 is 0.933 bits per heavy atom. The largest absolute Gasteiger partial charge is 0.368 e. The van der Waals surface area contributed by atoms with E-state index < -0.39 is 0 Å². The molecule has 2 heterocycles. The first-order valence-electron chi connectivity index (χ1n) is 10.1. The Labute approximate surface area is 175 Å². The molecule has 0 amide bonds. The summed E-state index contributed by atoms with van der Waals surface area (Å²) < 4.78 is 13.1. The van der Waals surface area contributed by atoms with Crippen LogP contribution in [0.4, 0.5) is 22.0 Å². The number of piperazine rings is 1. The highest BCUT2D eigenvalue weighted by atomic mass is 19.1. The molecule has 1 aromatic heterocycles. The normalized spacial score (nSPS) is 15.3. The van der Waals surface area contributed by atoms with E-state index in [1.165, 1.54) is 23.3 Å². The fourth-order valence-corrected chi connectivity index (χ4v) is 3.60. The molecule has 7 nitrogen and oxygen atoms in total. The van der Waals surface area contributed by atoms with Gasteiger partial charge in [-0.2, -0.15) is 15.0 Å². The summed E-state index contributed by atoms with van der Waals surface area (Å²) in [4.78, 5) is 17.7. The Hall–Kier alpha value is -3.10. The lowest BCUT2D eigenvalue weighted by molar-refractivity contribution is 0.120. The zero-order valence-corrected chi connectivity index (χ0v) is 17.1. The maximum atomic E-state index is 13.1. The van der Waals surface area contributed by atoms with Gasteiger partial charge in [-0.1, -0.05) is 29.8 Å². The number of benzene rings is 2. The van der Waals surface area contributed by atoms with Crippen molar-refractivity contribution in [1.82, 2.24) is 24.8 Å². The minimum absolute atomic E-state index is 0.169. The van der Waals surface area contributed by atoms with Gasteiger partial charge in [-0.05, 0) is 36.8 Å². The molecule has 0 spiro atoms. The Morgan fingerprint density at radius 3 is 2.33 bits per heavy atom. The van der Waals surface area contributed by atoms with Crippen LogP contribution in [-0.4, -0.2) is 50.9 Å². The number of aromatic nitrogens is 3. The summed E-state index contributed by atoms with van der Waals surface area (Å²) in [5, 5.41) is 3.05. The average molecular weight is 407 g/mol. The van der Waals surface area contributed by atoms with Gasteiger partial charge in [-0.25, -0.2) is 4.39 Å². The third-order valence-electron chi connectivity index (χ3n) is 5.12. The van der Waals surface area contributed by atoms with Gasteiger partial charge in [0, 0.05) is 38.4 Å². The van der Waals surface area contributed by atoms with Gasteiger partial charge in [0.1, 0.15) is 11.6 Å². The number of nitrogens with two attached hydrogens (primary N) is 1. The number of nitrogens with zero attached hydrogens (tertiary/aromatic N) is 5. The van der Waals surface area contributed by atoms with Crippen molar-refractivity contribution >= 4 is 17.6 Å². The van der Waals surface area contributed by atoms with Crippen molar-refractivity contribution in [2.45, 2.75) is 20.0 Å². The summed E-state index contributed by atoms with van der Waals surface area (Å²) in [6.45, 7) is 7.59. The van der Waals surface area contributed by atoms with Gasteiger partial charge in [0.25, 0.3) is 0 Å². The summed E-state index contributed by atoms with van der Waals surface area (Å²) in [5.74, 6) is 0.863. The summed E-state index contributed by atoms with van der Waals surface area (Å²) in [6.07, 6.45) is 0. The summed E-state index contributed by atoms with van der Waals surface area (Å²) in [7, 11) is 0. The molecule has 2 aromatic carbocycles. The maximum Gasteiger partial charge on any atom is 0.232 e. The number of nitrogens with one attached hydrogen (secondary N) is 1. The number of hydrogen-bond donors (Lipinski definition) is 2. The van der Waals surface area contributed by atoms with Crippen molar-refractivity contribution < 1.29 is 4.39 Å². The van der Waals surface area contributed by atoms with Crippen molar-refractivity contribution in [2.24, 2.45) is 0 Å². The van der Waals surface area contributed by atoms with E-state index in [4.69, 9.17) is 5.73 Å².